The van der Waals surface area contributed by atoms with Gasteiger partial charge in [0.05, 0.1) is 5.92 Å². The summed E-state index contributed by atoms with van der Waals surface area (Å²) in [6.45, 7) is 5.00. The Morgan fingerprint density at radius 2 is 1.72 bits per heavy atom. The number of hydrogen-bond donors (Lipinski definition) is 2. The first-order valence-corrected chi connectivity index (χ1v) is 8.23. The second-order valence-corrected chi connectivity index (χ2v) is 6.35. The summed E-state index contributed by atoms with van der Waals surface area (Å²) in [7, 11) is 2.07. The highest BCUT2D eigenvalue weighted by Gasteiger charge is 2.23. The Labute approximate surface area is 161 Å². The maximum absolute atomic E-state index is 12.5. The van der Waals surface area contributed by atoms with E-state index in [1.807, 2.05) is 17.0 Å². The van der Waals surface area contributed by atoms with Gasteiger partial charge in [0.15, 0.2) is 0 Å². The highest BCUT2D eigenvalue weighted by Crippen LogP contribution is 2.15. The molecule has 0 saturated carbocycles. The van der Waals surface area contributed by atoms with Crippen LogP contribution in [0.2, 0.25) is 0 Å². The summed E-state index contributed by atoms with van der Waals surface area (Å²) in [4.78, 5) is 28.7. The molecule has 2 heterocycles. The minimum absolute atomic E-state index is 0. The predicted octanol–water partition coefficient (Wildman–Crippen LogP) is 1.47. The molecule has 1 unspecified atom stereocenters. The van der Waals surface area contributed by atoms with E-state index in [4.69, 9.17) is 0 Å². The Kier molecular flexibility index (Phi) is 8.65. The molecule has 0 spiro atoms. The first kappa shape index (κ1) is 21.7. The van der Waals surface area contributed by atoms with Gasteiger partial charge in [-0.2, -0.15) is 0 Å². The van der Waals surface area contributed by atoms with Crippen molar-refractivity contribution < 1.29 is 9.59 Å². The molecule has 3 rings (SSSR count). The Bertz CT molecular complexity index is 569. The molecule has 2 fully saturated rings. The van der Waals surface area contributed by atoms with E-state index in [2.05, 4.69) is 22.6 Å². The summed E-state index contributed by atoms with van der Waals surface area (Å²) in [5.74, 6) is 0.158. The summed E-state index contributed by atoms with van der Waals surface area (Å²) in [5, 5.41) is 6.11. The second kappa shape index (κ2) is 9.97. The summed E-state index contributed by atoms with van der Waals surface area (Å²) in [6, 6.07) is 7.21. The minimum atomic E-state index is 0. The van der Waals surface area contributed by atoms with Crippen molar-refractivity contribution in [3.05, 3.63) is 29.8 Å². The number of rotatable bonds is 3. The standard InChI is InChI=1S/C17H24N4O2.2ClH/c1-20-8-10-21(11-9-20)17(23)13-2-4-15(5-3-13)19-16(22)14-6-7-18-12-14;;/h2-5,14,18H,6-12H2,1H3,(H,19,22);2*1H. The van der Waals surface area contributed by atoms with Crippen LogP contribution in [-0.2, 0) is 4.79 Å². The quantitative estimate of drug-likeness (QED) is 0.822. The first-order valence-electron chi connectivity index (χ1n) is 8.23. The van der Waals surface area contributed by atoms with Crippen molar-refractivity contribution in [2.75, 3.05) is 51.6 Å². The SMILES string of the molecule is CN1CCN(C(=O)c2ccc(NC(=O)C3CCNC3)cc2)CC1.Cl.Cl. The highest BCUT2D eigenvalue weighted by atomic mass is 35.5. The maximum Gasteiger partial charge on any atom is 0.253 e. The van der Waals surface area contributed by atoms with Gasteiger partial charge in [0.2, 0.25) is 5.91 Å². The number of nitrogens with zero attached hydrogens (tertiary/aromatic N) is 2. The number of carbonyl (C=O) groups excluding carboxylic acids is 2. The number of halogens is 2. The fourth-order valence-electron chi connectivity index (χ4n) is 3.01. The Morgan fingerprint density at radius 1 is 1.08 bits per heavy atom. The Hall–Kier alpha value is -1.34. The van der Waals surface area contributed by atoms with E-state index >= 15 is 0 Å². The largest absolute Gasteiger partial charge is 0.336 e. The summed E-state index contributed by atoms with van der Waals surface area (Å²) >= 11 is 0. The summed E-state index contributed by atoms with van der Waals surface area (Å²) in [5.41, 5.74) is 1.42. The Balaban J connectivity index is 0.00000156. The average Bonchev–Trinajstić information content (AvgIpc) is 3.10. The smallest absolute Gasteiger partial charge is 0.253 e. The molecule has 2 saturated heterocycles. The summed E-state index contributed by atoms with van der Waals surface area (Å²) in [6.07, 6.45) is 0.881. The number of likely N-dealkylation sites (N-methyl/N-ethyl adjacent to an activating group) is 1. The zero-order valence-electron chi connectivity index (χ0n) is 14.4. The van der Waals surface area contributed by atoms with Gasteiger partial charge in [-0.1, -0.05) is 0 Å². The van der Waals surface area contributed by atoms with Crippen molar-refractivity contribution in [3.8, 4) is 0 Å². The van der Waals surface area contributed by atoms with E-state index in [0.29, 0.717) is 5.56 Å². The van der Waals surface area contributed by atoms with Crippen molar-refractivity contribution in [2.45, 2.75) is 6.42 Å². The van der Waals surface area contributed by atoms with Crippen LogP contribution in [0.3, 0.4) is 0 Å². The lowest BCUT2D eigenvalue weighted by atomic mass is 10.1. The molecule has 25 heavy (non-hydrogen) atoms. The molecule has 2 amide bonds. The number of hydrogen-bond acceptors (Lipinski definition) is 4. The minimum Gasteiger partial charge on any atom is -0.336 e. The van der Waals surface area contributed by atoms with Gasteiger partial charge in [-0.3, -0.25) is 9.59 Å². The molecule has 2 N–H and O–H groups in total. The van der Waals surface area contributed by atoms with E-state index in [-0.39, 0.29) is 42.5 Å². The van der Waals surface area contributed by atoms with Crippen molar-refractivity contribution in [1.29, 1.82) is 0 Å². The van der Waals surface area contributed by atoms with Crippen LogP contribution >= 0.6 is 24.8 Å². The Morgan fingerprint density at radius 3 is 2.28 bits per heavy atom. The van der Waals surface area contributed by atoms with Gasteiger partial charge in [0.1, 0.15) is 0 Å². The molecular formula is C17H26Cl2N4O2. The van der Waals surface area contributed by atoms with Crippen LogP contribution < -0.4 is 10.6 Å². The van der Waals surface area contributed by atoms with Gasteiger partial charge in [-0.05, 0) is 44.3 Å². The van der Waals surface area contributed by atoms with Gasteiger partial charge in [-0.15, -0.1) is 24.8 Å². The van der Waals surface area contributed by atoms with Crippen LogP contribution in [0.15, 0.2) is 24.3 Å². The third-order valence-electron chi connectivity index (χ3n) is 4.62. The number of nitrogens with one attached hydrogen (secondary N) is 2. The van der Waals surface area contributed by atoms with Crippen LogP contribution in [0.5, 0.6) is 0 Å². The average molecular weight is 389 g/mol. The molecule has 140 valence electrons. The zero-order valence-corrected chi connectivity index (χ0v) is 16.0. The molecule has 0 aliphatic carbocycles. The van der Waals surface area contributed by atoms with Gasteiger partial charge < -0.3 is 20.4 Å². The lowest BCUT2D eigenvalue weighted by Crippen LogP contribution is -2.47. The van der Waals surface area contributed by atoms with Crippen LogP contribution in [0, 0.1) is 5.92 Å². The number of amides is 2. The molecule has 1 aromatic carbocycles. The molecular weight excluding hydrogens is 363 g/mol. The van der Waals surface area contributed by atoms with Gasteiger partial charge in [0, 0.05) is 44.0 Å². The highest BCUT2D eigenvalue weighted by molar-refractivity contribution is 5.96. The normalized spacial score (nSPS) is 20.4. The van der Waals surface area contributed by atoms with Gasteiger partial charge >= 0.3 is 0 Å². The monoisotopic (exact) mass is 388 g/mol. The molecule has 0 bridgehead atoms. The predicted molar refractivity (Wildman–Crippen MR) is 104 cm³/mol. The molecule has 1 atom stereocenters. The van der Waals surface area contributed by atoms with Crippen LogP contribution in [0.1, 0.15) is 16.8 Å². The van der Waals surface area contributed by atoms with Gasteiger partial charge in [0.25, 0.3) is 5.91 Å². The molecule has 0 radical (unpaired) electrons. The van der Waals surface area contributed by atoms with Crippen molar-refractivity contribution in [1.82, 2.24) is 15.1 Å². The van der Waals surface area contributed by atoms with Crippen molar-refractivity contribution >= 4 is 42.3 Å². The molecule has 0 aromatic heterocycles. The number of benzene rings is 1. The van der Waals surface area contributed by atoms with E-state index in [1.54, 1.807) is 12.1 Å². The lowest BCUT2D eigenvalue weighted by molar-refractivity contribution is -0.119. The van der Waals surface area contributed by atoms with E-state index in [9.17, 15) is 9.59 Å². The first-order chi connectivity index (χ1) is 11.1. The van der Waals surface area contributed by atoms with Crippen LogP contribution in [0.4, 0.5) is 5.69 Å². The molecule has 6 nitrogen and oxygen atoms in total. The number of piperazine rings is 1. The molecule has 8 heteroatoms. The fourth-order valence-corrected chi connectivity index (χ4v) is 3.01. The second-order valence-electron chi connectivity index (χ2n) is 6.35. The van der Waals surface area contributed by atoms with Gasteiger partial charge in [-0.25, -0.2) is 0 Å². The van der Waals surface area contributed by atoms with Crippen LogP contribution in [-0.4, -0.2) is 67.9 Å². The molecule has 2 aliphatic rings. The lowest BCUT2D eigenvalue weighted by Gasteiger charge is -2.32. The molecule has 2 aliphatic heterocycles. The fraction of sp³-hybridized carbons (Fsp3) is 0.529. The third-order valence-corrected chi connectivity index (χ3v) is 4.62. The van der Waals surface area contributed by atoms with E-state index in [0.717, 1.165) is 51.4 Å². The zero-order chi connectivity index (χ0) is 16.2. The van der Waals surface area contributed by atoms with Crippen molar-refractivity contribution in [2.24, 2.45) is 5.92 Å². The number of anilines is 1. The number of carbonyl (C=O) groups is 2. The molecule has 1 aromatic rings. The van der Waals surface area contributed by atoms with Crippen molar-refractivity contribution in [3.63, 3.8) is 0 Å². The maximum atomic E-state index is 12.5. The van der Waals surface area contributed by atoms with E-state index in [1.165, 1.54) is 0 Å². The van der Waals surface area contributed by atoms with E-state index < -0.39 is 0 Å². The van der Waals surface area contributed by atoms with Crippen LogP contribution in [0.25, 0.3) is 0 Å². The summed E-state index contributed by atoms with van der Waals surface area (Å²) < 4.78 is 0. The third kappa shape index (κ3) is 5.57. The topological polar surface area (TPSA) is 64.7 Å².